The smallest absolute Gasteiger partial charge is 0.183 e. The number of nitrogens with one attached hydrogen (secondary N) is 1. The lowest BCUT2D eigenvalue weighted by atomic mass is 10.1. The van der Waals surface area contributed by atoms with Crippen molar-refractivity contribution in [3.63, 3.8) is 0 Å². The fourth-order valence-electron chi connectivity index (χ4n) is 3.16. The number of halogens is 2. The highest BCUT2D eigenvalue weighted by Gasteiger charge is 2.45. The van der Waals surface area contributed by atoms with Crippen molar-refractivity contribution in [1.29, 1.82) is 0 Å². The molecule has 2 aromatic carbocycles. The summed E-state index contributed by atoms with van der Waals surface area (Å²) >= 11 is 5.81. The molecule has 146 valence electrons. The van der Waals surface area contributed by atoms with Crippen LogP contribution in [0.2, 0.25) is 5.02 Å². The maximum atomic E-state index is 13.0. The number of benzene rings is 2. The molecule has 1 N–H and O–H groups in total. The number of hydrogen-bond acceptors (Lipinski definition) is 5. The van der Waals surface area contributed by atoms with Gasteiger partial charge in [-0.3, -0.25) is 0 Å². The van der Waals surface area contributed by atoms with Gasteiger partial charge in [0.25, 0.3) is 0 Å². The monoisotopic (exact) mass is 431 g/mol. The Balaban J connectivity index is 1.74. The Bertz CT molecular complexity index is 1010. The molecule has 2 aromatic rings. The lowest BCUT2D eigenvalue weighted by Crippen LogP contribution is -2.44. The van der Waals surface area contributed by atoms with Crippen molar-refractivity contribution in [3.8, 4) is 0 Å². The summed E-state index contributed by atoms with van der Waals surface area (Å²) in [6.07, 6.45) is 0.532. The first kappa shape index (κ1) is 20.3. The summed E-state index contributed by atoms with van der Waals surface area (Å²) < 4.78 is 63.0. The van der Waals surface area contributed by atoms with Crippen LogP contribution >= 0.6 is 11.6 Å². The van der Waals surface area contributed by atoms with E-state index in [-0.39, 0.29) is 16.5 Å². The molecule has 0 bridgehead atoms. The second-order valence-corrected chi connectivity index (χ2v) is 11.3. The highest BCUT2D eigenvalue weighted by atomic mass is 35.5. The lowest BCUT2D eigenvalue weighted by molar-refractivity contribution is 0.528. The molecule has 1 fully saturated rings. The van der Waals surface area contributed by atoms with Crippen LogP contribution in [0.25, 0.3) is 0 Å². The van der Waals surface area contributed by atoms with Crippen molar-refractivity contribution >= 4 is 31.3 Å². The Labute approximate surface area is 163 Å². The molecule has 2 atom stereocenters. The Morgan fingerprint density at radius 1 is 1.04 bits per heavy atom. The fraction of sp³-hybridized carbons (Fsp3) is 0.333. The molecule has 2 unspecified atom stereocenters. The zero-order chi connectivity index (χ0) is 19.7. The second-order valence-electron chi connectivity index (χ2n) is 6.55. The van der Waals surface area contributed by atoms with Crippen LogP contribution in [0.1, 0.15) is 5.56 Å². The maximum absolute atomic E-state index is 13.0. The van der Waals surface area contributed by atoms with E-state index in [4.69, 9.17) is 11.6 Å². The van der Waals surface area contributed by atoms with Crippen LogP contribution < -0.4 is 5.32 Å². The Kier molecular flexibility index (Phi) is 5.90. The predicted octanol–water partition coefficient (Wildman–Crippen LogP) is 2.25. The van der Waals surface area contributed by atoms with E-state index in [0.29, 0.717) is 18.0 Å². The van der Waals surface area contributed by atoms with Gasteiger partial charge in [-0.15, -0.1) is 0 Å². The molecular formula is C18H19ClFNO4S2. The molecule has 1 saturated heterocycles. The first-order valence-electron chi connectivity index (χ1n) is 8.35. The topological polar surface area (TPSA) is 80.3 Å². The molecule has 1 heterocycles. The zero-order valence-corrected chi connectivity index (χ0v) is 16.7. The molecule has 0 radical (unpaired) electrons. The van der Waals surface area contributed by atoms with E-state index in [0.717, 1.165) is 5.56 Å². The first-order chi connectivity index (χ1) is 12.7. The van der Waals surface area contributed by atoms with Gasteiger partial charge in [0.1, 0.15) is 5.82 Å². The normalized spacial score (nSPS) is 22.0. The van der Waals surface area contributed by atoms with Gasteiger partial charge in [-0.05, 0) is 54.9 Å². The standard InChI is InChI=1S/C18H19ClFNO4S2/c19-14-3-7-16(8-4-14)27(24,25)18-12-26(22,23)11-17(18)21-10-9-13-1-5-15(20)6-2-13/h1-8,17-18,21H,9-12H2. The minimum atomic E-state index is -3.83. The van der Waals surface area contributed by atoms with Crippen LogP contribution in [-0.4, -0.2) is 46.2 Å². The third-order valence-electron chi connectivity index (χ3n) is 4.57. The number of hydrogen-bond donors (Lipinski definition) is 1. The summed E-state index contributed by atoms with van der Waals surface area (Å²) in [7, 11) is -7.29. The number of rotatable bonds is 6. The molecule has 3 rings (SSSR count). The minimum absolute atomic E-state index is 0.0549. The highest BCUT2D eigenvalue weighted by Crippen LogP contribution is 2.27. The van der Waals surface area contributed by atoms with Gasteiger partial charge < -0.3 is 5.32 Å². The van der Waals surface area contributed by atoms with Crippen LogP contribution in [0, 0.1) is 5.82 Å². The molecular weight excluding hydrogens is 413 g/mol. The van der Waals surface area contributed by atoms with Crippen LogP contribution in [0.4, 0.5) is 4.39 Å². The highest BCUT2D eigenvalue weighted by molar-refractivity contribution is 7.96. The first-order valence-corrected chi connectivity index (χ1v) is 12.1. The summed E-state index contributed by atoms with van der Waals surface area (Å²) in [5, 5.41) is 2.41. The van der Waals surface area contributed by atoms with Crippen molar-refractivity contribution in [1.82, 2.24) is 5.32 Å². The quantitative estimate of drug-likeness (QED) is 0.758. The van der Waals surface area contributed by atoms with Crippen LogP contribution in [-0.2, 0) is 26.1 Å². The third kappa shape index (κ3) is 4.87. The summed E-state index contributed by atoms with van der Waals surface area (Å²) in [6, 6.07) is 11.0. The summed E-state index contributed by atoms with van der Waals surface area (Å²) in [5.74, 6) is -0.970. The summed E-state index contributed by atoms with van der Waals surface area (Å²) in [5.41, 5.74) is 0.877. The average molecular weight is 432 g/mol. The van der Waals surface area contributed by atoms with Crippen molar-refractivity contribution in [2.75, 3.05) is 18.1 Å². The molecule has 5 nitrogen and oxygen atoms in total. The van der Waals surface area contributed by atoms with Crippen LogP contribution in [0.3, 0.4) is 0 Å². The predicted molar refractivity (Wildman–Crippen MR) is 103 cm³/mol. The van der Waals surface area contributed by atoms with Gasteiger partial charge in [-0.25, -0.2) is 21.2 Å². The van der Waals surface area contributed by atoms with Gasteiger partial charge in [0.05, 0.1) is 21.7 Å². The van der Waals surface area contributed by atoms with E-state index in [1.54, 1.807) is 12.1 Å². The zero-order valence-electron chi connectivity index (χ0n) is 14.3. The fourth-order valence-corrected chi connectivity index (χ4v) is 8.01. The van der Waals surface area contributed by atoms with Crippen molar-refractivity contribution in [2.45, 2.75) is 22.6 Å². The van der Waals surface area contributed by atoms with Crippen molar-refractivity contribution in [2.24, 2.45) is 0 Å². The van der Waals surface area contributed by atoms with E-state index in [1.807, 2.05) is 0 Å². The summed E-state index contributed by atoms with van der Waals surface area (Å²) in [6.45, 7) is 0.387. The molecule has 0 amide bonds. The maximum Gasteiger partial charge on any atom is 0.183 e. The molecule has 27 heavy (non-hydrogen) atoms. The van der Waals surface area contributed by atoms with Crippen LogP contribution in [0.15, 0.2) is 53.4 Å². The van der Waals surface area contributed by atoms with Gasteiger partial charge >= 0.3 is 0 Å². The largest absolute Gasteiger partial charge is 0.311 e. The van der Waals surface area contributed by atoms with Gasteiger partial charge in [-0.2, -0.15) is 0 Å². The Morgan fingerprint density at radius 3 is 2.30 bits per heavy atom. The molecule has 9 heteroatoms. The molecule has 0 aromatic heterocycles. The van der Waals surface area contributed by atoms with E-state index < -0.39 is 36.7 Å². The summed E-state index contributed by atoms with van der Waals surface area (Å²) in [4.78, 5) is 0.0549. The Hall–Kier alpha value is -1.48. The lowest BCUT2D eigenvalue weighted by Gasteiger charge is -2.20. The minimum Gasteiger partial charge on any atom is -0.311 e. The van der Waals surface area contributed by atoms with Crippen LogP contribution in [0.5, 0.6) is 0 Å². The van der Waals surface area contributed by atoms with Crippen molar-refractivity contribution in [3.05, 3.63) is 64.9 Å². The van der Waals surface area contributed by atoms with Gasteiger partial charge in [0.2, 0.25) is 0 Å². The van der Waals surface area contributed by atoms with E-state index in [9.17, 15) is 21.2 Å². The molecule has 1 aliphatic rings. The Morgan fingerprint density at radius 2 is 1.67 bits per heavy atom. The molecule has 0 spiro atoms. The van der Waals surface area contributed by atoms with Gasteiger partial charge in [0.15, 0.2) is 19.7 Å². The SMILES string of the molecule is O=S1(=O)CC(NCCc2ccc(F)cc2)C(S(=O)(=O)c2ccc(Cl)cc2)C1. The van der Waals surface area contributed by atoms with Gasteiger partial charge in [-0.1, -0.05) is 23.7 Å². The van der Waals surface area contributed by atoms with E-state index in [2.05, 4.69) is 5.32 Å². The molecule has 1 aliphatic heterocycles. The van der Waals surface area contributed by atoms with E-state index in [1.165, 1.54) is 36.4 Å². The second kappa shape index (κ2) is 7.87. The molecule has 0 aliphatic carbocycles. The van der Waals surface area contributed by atoms with E-state index >= 15 is 0 Å². The van der Waals surface area contributed by atoms with Gasteiger partial charge in [0, 0.05) is 11.1 Å². The third-order valence-corrected chi connectivity index (χ3v) is 8.99. The molecule has 0 saturated carbocycles. The van der Waals surface area contributed by atoms with Crippen molar-refractivity contribution < 1.29 is 21.2 Å². The average Bonchev–Trinajstić information content (AvgIpc) is 2.92. The number of sulfone groups is 2.